The van der Waals surface area contributed by atoms with Gasteiger partial charge in [0.15, 0.2) is 5.78 Å². The van der Waals surface area contributed by atoms with E-state index in [0.29, 0.717) is 23.5 Å². The Morgan fingerprint density at radius 1 is 1.21 bits per heavy atom. The van der Waals surface area contributed by atoms with Gasteiger partial charge in [-0.1, -0.05) is 25.3 Å². The van der Waals surface area contributed by atoms with Gasteiger partial charge in [0.05, 0.1) is 0 Å². The number of allylic oxidation sites excluding steroid dienone is 1. The van der Waals surface area contributed by atoms with Crippen molar-refractivity contribution in [1.29, 1.82) is 0 Å². The Bertz CT molecular complexity index is 641. The Morgan fingerprint density at radius 3 is 2.67 bits per heavy atom. The molecular weight excluding hydrogens is 296 g/mol. The molecule has 0 bridgehead atoms. The number of aliphatic hydroxyl groups is 1. The number of fused-ring (bicyclic) bond motifs is 5. The molecule has 4 aliphatic rings. The Labute approximate surface area is 146 Å². The molecule has 0 spiro atoms. The first-order valence-corrected chi connectivity index (χ1v) is 9.84. The summed E-state index contributed by atoms with van der Waals surface area (Å²) < 4.78 is 0. The minimum absolute atomic E-state index is 0.121. The number of hydrogen-bond acceptors (Lipinski definition) is 2. The molecule has 0 heterocycles. The van der Waals surface area contributed by atoms with Gasteiger partial charge in [0.2, 0.25) is 0 Å². The number of hydrogen-bond donors (Lipinski definition) is 1. The molecule has 0 radical (unpaired) electrons. The van der Waals surface area contributed by atoms with Gasteiger partial charge in [-0.05, 0) is 80.6 Å². The second-order valence-electron chi connectivity index (χ2n) is 9.06. The maximum Gasteiger partial charge on any atom is 0.155 e. The Hall–Kier alpha value is -1.07. The highest BCUT2D eigenvalue weighted by Crippen LogP contribution is 2.68. The fraction of sp³-hybridized carbons (Fsp3) is 0.773. The molecule has 0 aromatic carbocycles. The van der Waals surface area contributed by atoms with E-state index in [0.717, 1.165) is 51.4 Å². The first-order valence-electron chi connectivity index (χ1n) is 9.84. The summed E-state index contributed by atoms with van der Waals surface area (Å²) in [6.45, 7) is 4.56. The third-order valence-electron chi connectivity index (χ3n) is 8.71. The minimum atomic E-state index is -0.916. The number of ketones is 1. The molecule has 2 nitrogen and oxygen atoms in total. The van der Waals surface area contributed by atoms with Crippen molar-refractivity contribution >= 4 is 5.78 Å². The average molecular weight is 326 g/mol. The highest BCUT2D eigenvalue weighted by Gasteiger charge is 2.63. The van der Waals surface area contributed by atoms with Crippen LogP contribution < -0.4 is 0 Å². The van der Waals surface area contributed by atoms with Gasteiger partial charge in [-0.15, -0.1) is 6.42 Å². The summed E-state index contributed by atoms with van der Waals surface area (Å²) in [6, 6.07) is 0. The highest BCUT2D eigenvalue weighted by molar-refractivity contribution is 5.91. The molecule has 0 amide bonds. The van der Waals surface area contributed by atoms with Crippen molar-refractivity contribution in [1.82, 2.24) is 0 Å². The zero-order valence-electron chi connectivity index (χ0n) is 15.1. The molecule has 130 valence electrons. The molecule has 4 rings (SSSR count). The molecule has 3 fully saturated rings. The topological polar surface area (TPSA) is 37.3 Å². The molecule has 4 aliphatic carbocycles. The largest absolute Gasteiger partial charge is 0.377 e. The summed E-state index contributed by atoms with van der Waals surface area (Å²) in [7, 11) is 0. The third kappa shape index (κ3) is 1.86. The number of carbonyl (C=O) groups excluding carboxylic acids is 1. The van der Waals surface area contributed by atoms with Gasteiger partial charge in [-0.3, -0.25) is 4.79 Å². The van der Waals surface area contributed by atoms with E-state index in [2.05, 4.69) is 19.8 Å². The van der Waals surface area contributed by atoms with Gasteiger partial charge in [0.25, 0.3) is 0 Å². The lowest BCUT2D eigenvalue weighted by molar-refractivity contribution is -0.120. The van der Waals surface area contributed by atoms with Crippen molar-refractivity contribution in [3.63, 3.8) is 0 Å². The minimum Gasteiger partial charge on any atom is -0.377 e. The number of terminal acetylenes is 1. The van der Waals surface area contributed by atoms with Crippen LogP contribution in [-0.2, 0) is 4.79 Å². The fourth-order valence-electron chi connectivity index (χ4n) is 7.28. The first kappa shape index (κ1) is 16.4. The van der Waals surface area contributed by atoms with Crippen LogP contribution in [0.5, 0.6) is 0 Å². The molecular formula is C22H30O2. The zero-order chi connectivity index (χ0) is 17.2. The van der Waals surface area contributed by atoms with Gasteiger partial charge in [-0.25, -0.2) is 0 Å². The van der Waals surface area contributed by atoms with Crippen molar-refractivity contribution < 1.29 is 9.90 Å². The van der Waals surface area contributed by atoms with E-state index >= 15 is 0 Å². The van der Waals surface area contributed by atoms with Crippen molar-refractivity contribution in [3.8, 4) is 12.3 Å². The molecule has 0 aromatic rings. The van der Waals surface area contributed by atoms with Gasteiger partial charge in [-0.2, -0.15) is 0 Å². The molecule has 0 aliphatic heterocycles. The van der Waals surface area contributed by atoms with Gasteiger partial charge >= 0.3 is 0 Å². The number of carbonyl (C=O) groups is 1. The lowest BCUT2D eigenvalue weighted by Crippen LogP contribution is -2.54. The second-order valence-corrected chi connectivity index (χ2v) is 9.06. The molecule has 0 aromatic heterocycles. The summed E-state index contributed by atoms with van der Waals surface area (Å²) >= 11 is 0. The van der Waals surface area contributed by atoms with E-state index in [4.69, 9.17) is 6.42 Å². The standard InChI is InChI=1S/C22H30O2/c1-4-21-12-8-16(23)14-15(21)6-7-17-18-10-13-22(24,5-2)20(18,3)11-9-19(17)21/h2,14,17-19,24H,4,6-13H2,1,3H3/t17-,18-,19-,20-,21-,22-/m0/s1. The van der Waals surface area contributed by atoms with Crippen molar-refractivity contribution in [2.45, 2.75) is 77.2 Å². The van der Waals surface area contributed by atoms with Gasteiger partial charge in [0.1, 0.15) is 5.60 Å². The molecule has 1 N–H and O–H groups in total. The van der Waals surface area contributed by atoms with Gasteiger partial charge < -0.3 is 5.11 Å². The van der Waals surface area contributed by atoms with E-state index in [9.17, 15) is 9.90 Å². The molecule has 6 atom stereocenters. The van der Waals surface area contributed by atoms with Crippen molar-refractivity contribution in [3.05, 3.63) is 11.6 Å². The lowest BCUT2D eigenvalue weighted by Gasteiger charge is -2.59. The molecule has 3 saturated carbocycles. The van der Waals surface area contributed by atoms with Crippen LogP contribution in [0.4, 0.5) is 0 Å². The summed E-state index contributed by atoms with van der Waals surface area (Å²) in [4.78, 5) is 12.0. The van der Waals surface area contributed by atoms with Gasteiger partial charge in [0, 0.05) is 11.8 Å². The summed E-state index contributed by atoms with van der Waals surface area (Å²) in [5, 5.41) is 11.0. The Kier molecular flexibility index (Phi) is 3.56. The maximum absolute atomic E-state index is 12.0. The molecule has 0 unspecified atom stereocenters. The third-order valence-corrected chi connectivity index (χ3v) is 8.71. The van der Waals surface area contributed by atoms with E-state index < -0.39 is 5.60 Å². The monoisotopic (exact) mass is 326 g/mol. The zero-order valence-corrected chi connectivity index (χ0v) is 15.1. The highest BCUT2D eigenvalue weighted by atomic mass is 16.3. The SMILES string of the molecule is C#C[C@]1(O)CC[C@H]2[C@@H]3CCC4=CC(=O)CC[C@]4(CC)[C@H]3CC[C@@]21C. The summed E-state index contributed by atoms with van der Waals surface area (Å²) in [6.07, 6.45) is 16.9. The first-order chi connectivity index (χ1) is 11.4. The van der Waals surface area contributed by atoms with Crippen LogP contribution in [0.15, 0.2) is 11.6 Å². The normalized spacial score (nSPS) is 50.3. The quantitative estimate of drug-likeness (QED) is 0.731. The lowest BCUT2D eigenvalue weighted by atomic mass is 9.45. The van der Waals surface area contributed by atoms with Crippen molar-refractivity contribution in [2.75, 3.05) is 0 Å². The predicted molar refractivity (Wildman–Crippen MR) is 95.1 cm³/mol. The molecule has 24 heavy (non-hydrogen) atoms. The number of rotatable bonds is 1. The predicted octanol–water partition coefficient (Wildman–Crippen LogP) is 4.27. The van der Waals surface area contributed by atoms with Crippen LogP contribution in [0, 0.1) is 40.9 Å². The smallest absolute Gasteiger partial charge is 0.155 e. The molecule has 0 saturated heterocycles. The van der Waals surface area contributed by atoms with Crippen LogP contribution in [0.1, 0.15) is 71.6 Å². The Balaban J connectivity index is 1.72. The summed E-state index contributed by atoms with van der Waals surface area (Å²) in [5.41, 5.74) is 0.649. The van der Waals surface area contributed by atoms with Crippen LogP contribution in [0.3, 0.4) is 0 Å². The van der Waals surface area contributed by atoms with E-state index in [1.54, 1.807) is 0 Å². The van der Waals surface area contributed by atoms with Crippen molar-refractivity contribution in [2.24, 2.45) is 28.6 Å². The maximum atomic E-state index is 12.0. The van der Waals surface area contributed by atoms with Crippen LogP contribution in [-0.4, -0.2) is 16.5 Å². The Morgan fingerprint density at radius 2 is 1.96 bits per heavy atom. The summed E-state index contributed by atoms with van der Waals surface area (Å²) in [5.74, 6) is 4.97. The van der Waals surface area contributed by atoms with Crippen LogP contribution in [0.25, 0.3) is 0 Å². The van der Waals surface area contributed by atoms with E-state index in [1.165, 1.54) is 12.0 Å². The van der Waals surface area contributed by atoms with Crippen LogP contribution in [0.2, 0.25) is 0 Å². The van der Waals surface area contributed by atoms with E-state index in [1.807, 2.05) is 6.08 Å². The second kappa shape index (κ2) is 5.21. The molecule has 2 heteroatoms. The average Bonchev–Trinajstić information content (AvgIpc) is 2.86. The fourth-order valence-corrected chi connectivity index (χ4v) is 7.28. The van der Waals surface area contributed by atoms with Crippen LogP contribution >= 0.6 is 0 Å². The van der Waals surface area contributed by atoms with E-state index in [-0.39, 0.29) is 10.8 Å².